The molecule has 21 heavy (non-hydrogen) atoms. The SMILES string of the molecule is Fc1ccccc1CNc1cccc(Cn2cccn2)c1. The predicted molar refractivity (Wildman–Crippen MR) is 81.5 cm³/mol. The molecule has 0 atom stereocenters. The van der Waals surface area contributed by atoms with Crippen LogP contribution in [0.4, 0.5) is 10.1 Å². The first kappa shape index (κ1) is 13.4. The minimum Gasteiger partial charge on any atom is -0.381 e. The third kappa shape index (κ3) is 3.48. The van der Waals surface area contributed by atoms with Gasteiger partial charge in [0.05, 0.1) is 6.54 Å². The van der Waals surface area contributed by atoms with E-state index in [2.05, 4.69) is 22.5 Å². The van der Waals surface area contributed by atoms with Gasteiger partial charge in [-0.05, 0) is 29.8 Å². The first-order valence-corrected chi connectivity index (χ1v) is 6.85. The highest BCUT2D eigenvalue weighted by atomic mass is 19.1. The molecule has 2 aromatic carbocycles. The molecule has 0 radical (unpaired) electrons. The highest BCUT2D eigenvalue weighted by Gasteiger charge is 2.01. The van der Waals surface area contributed by atoms with Gasteiger partial charge in [0, 0.05) is 30.2 Å². The third-order valence-electron chi connectivity index (χ3n) is 3.27. The number of benzene rings is 2. The maximum atomic E-state index is 13.6. The minimum atomic E-state index is -0.183. The fourth-order valence-electron chi connectivity index (χ4n) is 2.20. The van der Waals surface area contributed by atoms with Gasteiger partial charge in [0.25, 0.3) is 0 Å². The molecule has 0 saturated heterocycles. The van der Waals surface area contributed by atoms with E-state index in [1.54, 1.807) is 18.3 Å². The van der Waals surface area contributed by atoms with Crippen molar-refractivity contribution >= 4 is 5.69 Å². The van der Waals surface area contributed by atoms with Gasteiger partial charge in [-0.1, -0.05) is 30.3 Å². The van der Waals surface area contributed by atoms with E-state index < -0.39 is 0 Å². The molecule has 0 fully saturated rings. The summed E-state index contributed by atoms with van der Waals surface area (Å²) in [5, 5.41) is 7.45. The normalized spacial score (nSPS) is 10.5. The van der Waals surface area contributed by atoms with Crippen molar-refractivity contribution in [2.45, 2.75) is 13.1 Å². The lowest BCUT2D eigenvalue weighted by atomic mass is 10.1. The molecule has 0 unspecified atom stereocenters. The van der Waals surface area contributed by atoms with Crippen LogP contribution in [0.5, 0.6) is 0 Å². The zero-order chi connectivity index (χ0) is 14.5. The van der Waals surface area contributed by atoms with Crippen LogP contribution in [0.15, 0.2) is 67.0 Å². The van der Waals surface area contributed by atoms with Crippen molar-refractivity contribution in [2.75, 3.05) is 5.32 Å². The van der Waals surface area contributed by atoms with Crippen LogP contribution in [0.1, 0.15) is 11.1 Å². The van der Waals surface area contributed by atoms with Gasteiger partial charge in [-0.2, -0.15) is 5.10 Å². The van der Waals surface area contributed by atoms with Crippen LogP contribution in [0, 0.1) is 5.82 Å². The van der Waals surface area contributed by atoms with E-state index in [0.29, 0.717) is 12.1 Å². The summed E-state index contributed by atoms with van der Waals surface area (Å²) in [6.07, 6.45) is 3.69. The van der Waals surface area contributed by atoms with Crippen molar-refractivity contribution in [3.63, 3.8) is 0 Å². The molecular formula is C17H16FN3. The Balaban J connectivity index is 1.67. The summed E-state index contributed by atoms with van der Waals surface area (Å²) in [5.41, 5.74) is 2.79. The van der Waals surface area contributed by atoms with Gasteiger partial charge in [0.15, 0.2) is 0 Å². The van der Waals surface area contributed by atoms with Crippen molar-refractivity contribution in [3.8, 4) is 0 Å². The molecule has 0 saturated carbocycles. The molecule has 3 aromatic rings. The second kappa shape index (κ2) is 6.22. The lowest BCUT2D eigenvalue weighted by molar-refractivity contribution is 0.613. The van der Waals surface area contributed by atoms with Gasteiger partial charge >= 0.3 is 0 Å². The molecule has 1 heterocycles. The number of hydrogen-bond acceptors (Lipinski definition) is 2. The summed E-state index contributed by atoms with van der Waals surface area (Å²) < 4.78 is 15.4. The van der Waals surface area contributed by atoms with Gasteiger partial charge in [-0.15, -0.1) is 0 Å². The molecule has 4 heteroatoms. The molecule has 0 spiro atoms. The van der Waals surface area contributed by atoms with Crippen molar-refractivity contribution in [1.82, 2.24) is 9.78 Å². The Bertz CT molecular complexity index is 708. The highest BCUT2D eigenvalue weighted by Crippen LogP contribution is 2.14. The number of hydrogen-bond donors (Lipinski definition) is 1. The zero-order valence-electron chi connectivity index (χ0n) is 11.5. The Morgan fingerprint density at radius 3 is 2.76 bits per heavy atom. The quantitative estimate of drug-likeness (QED) is 0.773. The first-order valence-electron chi connectivity index (χ1n) is 6.85. The van der Waals surface area contributed by atoms with E-state index in [9.17, 15) is 4.39 Å². The number of anilines is 1. The Kier molecular flexibility index (Phi) is 3.96. The van der Waals surface area contributed by atoms with Gasteiger partial charge in [-0.25, -0.2) is 4.39 Å². The van der Waals surface area contributed by atoms with Crippen LogP contribution >= 0.6 is 0 Å². The van der Waals surface area contributed by atoms with Crippen molar-refractivity contribution < 1.29 is 4.39 Å². The van der Waals surface area contributed by atoms with Crippen LogP contribution in [0.3, 0.4) is 0 Å². The van der Waals surface area contributed by atoms with Gasteiger partial charge in [0.2, 0.25) is 0 Å². The standard InChI is InChI=1S/C17H16FN3/c18-17-8-2-1-6-15(17)12-19-16-7-3-5-14(11-16)13-21-10-4-9-20-21/h1-11,19H,12-13H2. The van der Waals surface area contributed by atoms with Gasteiger partial charge < -0.3 is 5.32 Å². The predicted octanol–water partition coefficient (Wildman–Crippen LogP) is 3.68. The molecular weight excluding hydrogens is 265 g/mol. The fraction of sp³-hybridized carbons (Fsp3) is 0.118. The average Bonchev–Trinajstić information content (AvgIpc) is 3.00. The molecule has 3 nitrogen and oxygen atoms in total. The number of aromatic nitrogens is 2. The summed E-state index contributed by atoms with van der Waals surface area (Å²) in [6, 6.07) is 16.8. The largest absolute Gasteiger partial charge is 0.381 e. The van der Waals surface area contributed by atoms with E-state index in [-0.39, 0.29) is 5.82 Å². The molecule has 106 valence electrons. The van der Waals surface area contributed by atoms with E-state index >= 15 is 0 Å². The molecule has 0 bridgehead atoms. The van der Waals surface area contributed by atoms with Crippen molar-refractivity contribution in [2.24, 2.45) is 0 Å². The number of nitrogens with zero attached hydrogens (tertiary/aromatic N) is 2. The maximum Gasteiger partial charge on any atom is 0.128 e. The molecule has 0 aliphatic carbocycles. The molecule has 0 aliphatic heterocycles. The fourth-order valence-corrected chi connectivity index (χ4v) is 2.20. The zero-order valence-corrected chi connectivity index (χ0v) is 11.5. The van der Waals surface area contributed by atoms with E-state index in [4.69, 9.17) is 0 Å². The number of rotatable bonds is 5. The van der Waals surface area contributed by atoms with Crippen LogP contribution in [-0.4, -0.2) is 9.78 Å². The second-order valence-corrected chi connectivity index (χ2v) is 4.85. The summed E-state index contributed by atoms with van der Waals surface area (Å²) in [6.45, 7) is 1.19. The topological polar surface area (TPSA) is 29.9 Å². The van der Waals surface area contributed by atoms with Gasteiger partial charge in [-0.3, -0.25) is 4.68 Å². The van der Waals surface area contributed by atoms with Crippen LogP contribution in [0.25, 0.3) is 0 Å². The van der Waals surface area contributed by atoms with Crippen LogP contribution < -0.4 is 5.32 Å². The lowest BCUT2D eigenvalue weighted by Gasteiger charge is -2.09. The van der Waals surface area contributed by atoms with Gasteiger partial charge in [0.1, 0.15) is 5.82 Å². The molecule has 3 rings (SSSR count). The smallest absolute Gasteiger partial charge is 0.128 e. The summed E-state index contributed by atoms with van der Waals surface area (Å²) in [7, 11) is 0. The number of nitrogens with one attached hydrogen (secondary N) is 1. The van der Waals surface area contributed by atoms with E-state index in [1.165, 1.54) is 6.07 Å². The number of halogens is 1. The monoisotopic (exact) mass is 281 g/mol. The molecule has 0 amide bonds. The van der Waals surface area contributed by atoms with Crippen LogP contribution in [0.2, 0.25) is 0 Å². The summed E-state index contributed by atoms with van der Waals surface area (Å²) in [5.74, 6) is -0.183. The minimum absolute atomic E-state index is 0.183. The average molecular weight is 281 g/mol. The maximum absolute atomic E-state index is 13.6. The van der Waals surface area contributed by atoms with E-state index in [0.717, 1.165) is 17.8 Å². The molecule has 1 aromatic heterocycles. The van der Waals surface area contributed by atoms with Crippen molar-refractivity contribution in [3.05, 3.63) is 83.9 Å². The Morgan fingerprint density at radius 1 is 1.05 bits per heavy atom. The van der Waals surface area contributed by atoms with E-state index in [1.807, 2.05) is 35.1 Å². The Hall–Kier alpha value is -2.62. The Labute approximate surface area is 123 Å². The first-order chi connectivity index (χ1) is 10.3. The Morgan fingerprint density at radius 2 is 1.95 bits per heavy atom. The van der Waals surface area contributed by atoms with Crippen molar-refractivity contribution in [1.29, 1.82) is 0 Å². The third-order valence-corrected chi connectivity index (χ3v) is 3.27. The molecule has 1 N–H and O–H groups in total. The van der Waals surface area contributed by atoms with Crippen LogP contribution in [-0.2, 0) is 13.1 Å². The summed E-state index contributed by atoms with van der Waals surface area (Å²) >= 11 is 0. The highest BCUT2D eigenvalue weighted by molar-refractivity contribution is 5.46. The molecule has 0 aliphatic rings. The lowest BCUT2D eigenvalue weighted by Crippen LogP contribution is -2.03. The summed E-state index contributed by atoms with van der Waals surface area (Å²) in [4.78, 5) is 0. The second-order valence-electron chi connectivity index (χ2n) is 4.85.